The number of amides is 2. The molecule has 3 aromatic carbocycles. The number of carbonyl (C=O) groups excluding carboxylic acids is 2. The number of piperazine rings is 1. The summed E-state index contributed by atoms with van der Waals surface area (Å²) in [6.45, 7) is 1.95. The van der Waals surface area contributed by atoms with Crippen molar-refractivity contribution in [1.82, 2.24) is 20.0 Å². The molecule has 2 heterocycles. The first kappa shape index (κ1) is 21.5. The lowest BCUT2D eigenvalue weighted by atomic mass is 10.00. The highest BCUT2D eigenvalue weighted by Gasteiger charge is 2.25. The van der Waals surface area contributed by atoms with Crippen LogP contribution in [0.5, 0.6) is 5.75 Å². The number of hydrogen-bond acceptors (Lipinski definition) is 5. The van der Waals surface area contributed by atoms with Crippen LogP contribution < -0.4 is 10.5 Å². The van der Waals surface area contributed by atoms with Crippen molar-refractivity contribution in [2.75, 3.05) is 39.0 Å². The molecule has 5 rings (SSSR count). The van der Waals surface area contributed by atoms with E-state index in [0.29, 0.717) is 48.9 Å². The molecule has 2 amide bonds. The lowest BCUT2D eigenvalue weighted by Crippen LogP contribution is -2.50. The molecule has 1 aliphatic heterocycles. The highest BCUT2D eigenvalue weighted by molar-refractivity contribution is 6.02. The maximum absolute atomic E-state index is 13.1. The number of nitrogens with zero attached hydrogens (tertiary/aromatic N) is 3. The van der Waals surface area contributed by atoms with Crippen LogP contribution in [0.4, 0.5) is 5.82 Å². The van der Waals surface area contributed by atoms with Gasteiger partial charge in [0.1, 0.15) is 5.75 Å². The minimum absolute atomic E-state index is 0.0407. The van der Waals surface area contributed by atoms with Crippen LogP contribution in [0.3, 0.4) is 0 Å². The number of benzene rings is 3. The number of anilines is 1. The predicted octanol–water partition coefficient (Wildman–Crippen LogP) is 3.42. The first-order valence-electron chi connectivity index (χ1n) is 11.1. The van der Waals surface area contributed by atoms with Gasteiger partial charge in [0.25, 0.3) is 11.8 Å². The van der Waals surface area contributed by atoms with Crippen molar-refractivity contribution < 1.29 is 14.3 Å². The standard InChI is InChI=1S/C26H25N5O3/c1-34-20-5-2-4-19(16-20)26(33)31-14-12-30(13-15-31)25(32)18-10-8-17(9-11-18)21-6-3-7-22-23(21)24(27)29-28-22/h2-11,16H,12-15H2,1H3,(H3,27,28,29). The van der Waals surface area contributed by atoms with Gasteiger partial charge < -0.3 is 20.3 Å². The Hall–Kier alpha value is -4.33. The zero-order valence-corrected chi connectivity index (χ0v) is 18.8. The molecular weight excluding hydrogens is 430 g/mol. The third-order valence-corrected chi connectivity index (χ3v) is 6.23. The van der Waals surface area contributed by atoms with Crippen molar-refractivity contribution in [3.8, 4) is 16.9 Å². The second kappa shape index (κ2) is 8.90. The average molecular weight is 456 g/mol. The molecule has 0 bridgehead atoms. The van der Waals surface area contributed by atoms with E-state index in [9.17, 15) is 9.59 Å². The third-order valence-electron chi connectivity index (χ3n) is 6.23. The van der Waals surface area contributed by atoms with E-state index in [4.69, 9.17) is 10.5 Å². The number of fused-ring (bicyclic) bond motifs is 1. The number of nitrogens with one attached hydrogen (secondary N) is 1. The number of aromatic amines is 1. The van der Waals surface area contributed by atoms with Crippen LogP contribution in [0, 0.1) is 0 Å². The molecule has 1 saturated heterocycles. The van der Waals surface area contributed by atoms with Crippen molar-refractivity contribution in [3.63, 3.8) is 0 Å². The van der Waals surface area contributed by atoms with Crippen LogP contribution >= 0.6 is 0 Å². The SMILES string of the molecule is COc1cccc(C(=O)N2CCN(C(=O)c3ccc(-c4cccc5[nH]nc(N)c45)cc3)CC2)c1. The number of aromatic nitrogens is 2. The molecule has 1 fully saturated rings. The first-order valence-corrected chi connectivity index (χ1v) is 11.1. The van der Waals surface area contributed by atoms with Crippen LogP contribution in [0.2, 0.25) is 0 Å². The Morgan fingerprint density at radius 2 is 1.53 bits per heavy atom. The van der Waals surface area contributed by atoms with E-state index >= 15 is 0 Å². The fourth-order valence-corrected chi connectivity index (χ4v) is 4.36. The summed E-state index contributed by atoms with van der Waals surface area (Å²) in [7, 11) is 1.58. The summed E-state index contributed by atoms with van der Waals surface area (Å²) in [5, 5.41) is 7.89. The van der Waals surface area contributed by atoms with Gasteiger partial charge in [0, 0.05) is 37.3 Å². The lowest BCUT2D eigenvalue weighted by molar-refractivity contribution is 0.0535. The molecule has 8 nitrogen and oxygen atoms in total. The van der Waals surface area contributed by atoms with Crippen LogP contribution in [0.1, 0.15) is 20.7 Å². The first-order chi connectivity index (χ1) is 16.5. The number of H-pyrrole nitrogens is 1. The maximum Gasteiger partial charge on any atom is 0.254 e. The minimum atomic E-state index is -0.0527. The molecule has 0 atom stereocenters. The van der Waals surface area contributed by atoms with E-state index in [-0.39, 0.29) is 11.8 Å². The molecule has 34 heavy (non-hydrogen) atoms. The molecule has 0 saturated carbocycles. The summed E-state index contributed by atoms with van der Waals surface area (Å²) in [6.07, 6.45) is 0. The van der Waals surface area contributed by atoms with E-state index in [2.05, 4.69) is 10.2 Å². The quantitative estimate of drug-likeness (QED) is 0.491. The van der Waals surface area contributed by atoms with Crippen LogP contribution in [0.25, 0.3) is 22.0 Å². The lowest BCUT2D eigenvalue weighted by Gasteiger charge is -2.35. The molecule has 8 heteroatoms. The highest BCUT2D eigenvalue weighted by Crippen LogP contribution is 2.31. The van der Waals surface area contributed by atoms with Gasteiger partial charge in [-0.15, -0.1) is 0 Å². The summed E-state index contributed by atoms with van der Waals surface area (Å²) in [4.78, 5) is 29.5. The van der Waals surface area contributed by atoms with E-state index in [0.717, 1.165) is 22.0 Å². The predicted molar refractivity (Wildman–Crippen MR) is 131 cm³/mol. The topological polar surface area (TPSA) is 105 Å². The molecule has 0 aliphatic carbocycles. The largest absolute Gasteiger partial charge is 0.497 e. The Bertz CT molecular complexity index is 1350. The zero-order valence-electron chi connectivity index (χ0n) is 18.8. The third kappa shape index (κ3) is 3.94. The molecule has 0 spiro atoms. The zero-order chi connectivity index (χ0) is 23.7. The van der Waals surface area contributed by atoms with Gasteiger partial charge in [-0.25, -0.2) is 0 Å². The molecular formula is C26H25N5O3. The smallest absolute Gasteiger partial charge is 0.254 e. The number of ether oxygens (including phenoxy) is 1. The molecule has 3 N–H and O–H groups in total. The fourth-order valence-electron chi connectivity index (χ4n) is 4.36. The van der Waals surface area contributed by atoms with Crippen molar-refractivity contribution in [3.05, 3.63) is 77.9 Å². The van der Waals surface area contributed by atoms with Gasteiger partial charge in [-0.3, -0.25) is 14.7 Å². The van der Waals surface area contributed by atoms with Crippen LogP contribution in [-0.2, 0) is 0 Å². The maximum atomic E-state index is 13.1. The number of nitrogen functional groups attached to an aromatic ring is 1. The Balaban J connectivity index is 1.26. The highest BCUT2D eigenvalue weighted by atomic mass is 16.5. The molecule has 0 radical (unpaired) electrons. The Kier molecular flexibility index (Phi) is 5.63. The summed E-state index contributed by atoms with van der Waals surface area (Å²) in [5.74, 6) is 1.01. The van der Waals surface area contributed by atoms with Crippen LogP contribution in [0.15, 0.2) is 66.7 Å². The Morgan fingerprint density at radius 3 is 2.21 bits per heavy atom. The van der Waals surface area contributed by atoms with Crippen molar-refractivity contribution in [2.45, 2.75) is 0 Å². The van der Waals surface area contributed by atoms with Gasteiger partial charge in [-0.1, -0.05) is 30.3 Å². The molecule has 1 aromatic heterocycles. The number of nitrogens with two attached hydrogens (primary N) is 1. The van der Waals surface area contributed by atoms with Gasteiger partial charge in [0.15, 0.2) is 5.82 Å². The van der Waals surface area contributed by atoms with Gasteiger partial charge in [0.2, 0.25) is 0 Å². The molecule has 1 aliphatic rings. The number of methoxy groups -OCH3 is 1. The Labute approximate surface area is 196 Å². The molecule has 0 unspecified atom stereocenters. The number of hydrogen-bond donors (Lipinski definition) is 2. The van der Waals surface area contributed by atoms with E-state index in [1.165, 1.54) is 0 Å². The van der Waals surface area contributed by atoms with Gasteiger partial charge >= 0.3 is 0 Å². The summed E-state index contributed by atoms with van der Waals surface area (Å²) >= 11 is 0. The fraction of sp³-hybridized carbons (Fsp3) is 0.192. The summed E-state index contributed by atoms with van der Waals surface area (Å²) in [6, 6.07) is 20.5. The summed E-state index contributed by atoms with van der Waals surface area (Å²) < 4.78 is 5.21. The molecule has 4 aromatic rings. The van der Waals surface area contributed by atoms with E-state index in [1.807, 2.05) is 48.5 Å². The molecule has 172 valence electrons. The van der Waals surface area contributed by atoms with Gasteiger partial charge in [0.05, 0.1) is 18.0 Å². The van der Waals surface area contributed by atoms with Gasteiger partial charge in [-0.05, 0) is 47.5 Å². The minimum Gasteiger partial charge on any atom is -0.497 e. The average Bonchev–Trinajstić information content (AvgIpc) is 3.29. The number of carbonyl (C=O) groups is 2. The van der Waals surface area contributed by atoms with Gasteiger partial charge in [-0.2, -0.15) is 5.10 Å². The van der Waals surface area contributed by atoms with Crippen molar-refractivity contribution in [1.29, 1.82) is 0 Å². The van der Waals surface area contributed by atoms with E-state index in [1.54, 1.807) is 35.1 Å². The normalized spacial score (nSPS) is 13.8. The Morgan fingerprint density at radius 1 is 0.882 bits per heavy atom. The summed E-state index contributed by atoms with van der Waals surface area (Å²) in [5.41, 5.74) is 10.0. The van der Waals surface area contributed by atoms with Crippen molar-refractivity contribution in [2.24, 2.45) is 0 Å². The van der Waals surface area contributed by atoms with Crippen LogP contribution in [-0.4, -0.2) is 65.1 Å². The monoisotopic (exact) mass is 455 g/mol. The second-order valence-electron chi connectivity index (χ2n) is 8.23. The number of rotatable bonds is 4. The van der Waals surface area contributed by atoms with E-state index < -0.39 is 0 Å². The second-order valence-corrected chi connectivity index (χ2v) is 8.23. The van der Waals surface area contributed by atoms with Crippen molar-refractivity contribution >= 4 is 28.5 Å².